The Morgan fingerprint density at radius 1 is 0.774 bits per heavy atom. The van der Waals surface area contributed by atoms with E-state index < -0.39 is 0 Å². The molecule has 3 aromatic rings. The van der Waals surface area contributed by atoms with E-state index in [1.165, 1.54) is 59.8 Å². The fourth-order valence-corrected chi connectivity index (χ4v) is 6.16. The van der Waals surface area contributed by atoms with Gasteiger partial charge in [0.1, 0.15) is 5.78 Å². The van der Waals surface area contributed by atoms with Gasteiger partial charge >= 0.3 is 0 Å². The van der Waals surface area contributed by atoms with Crippen molar-refractivity contribution in [1.29, 1.82) is 0 Å². The zero-order chi connectivity index (χ0) is 21.2. The van der Waals surface area contributed by atoms with Gasteiger partial charge in [-0.15, -0.1) is 0 Å². The SMILES string of the molecule is Cn1c(-c2cccc([C@H]3CCCC(C(=O)C4CCCCC4)CC3)c2)cc2ccccc21. The zero-order valence-corrected chi connectivity index (χ0v) is 18.9. The lowest BCUT2D eigenvalue weighted by Gasteiger charge is -2.24. The highest BCUT2D eigenvalue weighted by Crippen LogP contribution is 2.38. The van der Waals surface area contributed by atoms with Crippen molar-refractivity contribution in [2.75, 3.05) is 0 Å². The van der Waals surface area contributed by atoms with Crippen molar-refractivity contribution in [1.82, 2.24) is 4.57 Å². The standard InChI is InChI=1S/C29H35NO/c1-30-27-16-6-5-11-26(27)20-28(30)25-15-8-14-24(19-25)21-12-7-13-23(18-17-21)29(31)22-9-3-2-4-10-22/h5-6,8,11,14-16,19-23H,2-4,7,9-10,12-13,17-18H2,1H3/t21-,23?/m0/s1. The number of hydrogen-bond donors (Lipinski definition) is 0. The Morgan fingerprint density at radius 2 is 1.55 bits per heavy atom. The van der Waals surface area contributed by atoms with Crippen LogP contribution in [-0.2, 0) is 11.8 Å². The second-order valence-electron chi connectivity index (χ2n) is 9.91. The van der Waals surface area contributed by atoms with Crippen molar-refractivity contribution >= 4 is 16.7 Å². The van der Waals surface area contributed by atoms with Gasteiger partial charge < -0.3 is 4.57 Å². The number of Topliss-reactive ketones (excluding diaryl/α,β-unsaturated/α-hetero) is 1. The normalized spacial score (nSPS) is 23.0. The number of nitrogens with zero attached hydrogens (tertiary/aromatic N) is 1. The molecule has 162 valence electrons. The summed E-state index contributed by atoms with van der Waals surface area (Å²) in [5, 5.41) is 1.30. The molecule has 2 nitrogen and oxygen atoms in total. The smallest absolute Gasteiger partial charge is 0.139 e. The Kier molecular flexibility index (Phi) is 5.98. The largest absolute Gasteiger partial charge is 0.344 e. The highest BCUT2D eigenvalue weighted by molar-refractivity contribution is 5.87. The second kappa shape index (κ2) is 9.02. The van der Waals surface area contributed by atoms with Crippen LogP contribution in [0, 0.1) is 11.8 Å². The van der Waals surface area contributed by atoms with E-state index in [4.69, 9.17) is 0 Å². The number of aryl methyl sites for hydroxylation is 1. The fourth-order valence-electron chi connectivity index (χ4n) is 6.16. The molecule has 2 fully saturated rings. The predicted molar refractivity (Wildman–Crippen MR) is 129 cm³/mol. The first-order valence-electron chi connectivity index (χ1n) is 12.4. The number of benzene rings is 2. The van der Waals surface area contributed by atoms with Gasteiger partial charge in [0.2, 0.25) is 0 Å². The number of aromatic nitrogens is 1. The Morgan fingerprint density at radius 3 is 2.39 bits per heavy atom. The summed E-state index contributed by atoms with van der Waals surface area (Å²) in [5.74, 6) is 1.86. The third-order valence-corrected chi connectivity index (χ3v) is 7.98. The molecular formula is C29H35NO. The number of fused-ring (bicyclic) bond motifs is 1. The van der Waals surface area contributed by atoms with E-state index >= 15 is 0 Å². The van der Waals surface area contributed by atoms with Crippen LogP contribution in [0.15, 0.2) is 54.6 Å². The highest BCUT2D eigenvalue weighted by Gasteiger charge is 2.30. The molecule has 2 atom stereocenters. The summed E-state index contributed by atoms with van der Waals surface area (Å²) in [7, 11) is 2.16. The Balaban J connectivity index is 1.33. The number of carbonyl (C=O) groups is 1. The summed E-state index contributed by atoms with van der Waals surface area (Å²) in [6, 6.07) is 20.1. The van der Waals surface area contributed by atoms with Crippen LogP contribution in [0.3, 0.4) is 0 Å². The van der Waals surface area contributed by atoms with Gasteiger partial charge in [0, 0.05) is 35.5 Å². The quantitative estimate of drug-likeness (QED) is 0.402. The number of hydrogen-bond acceptors (Lipinski definition) is 1. The van der Waals surface area contributed by atoms with Gasteiger partial charge in [-0.25, -0.2) is 0 Å². The third-order valence-electron chi connectivity index (χ3n) is 7.98. The van der Waals surface area contributed by atoms with Crippen molar-refractivity contribution in [3.8, 4) is 11.3 Å². The van der Waals surface area contributed by atoms with Gasteiger partial charge in [0.25, 0.3) is 0 Å². The summed E-state index contributed by atoms with van der Waals surface area (Å²) < 4.78 is 2.31. The molecule has 31 heavy (non-hydrogen) atoms. The van der Waals surface area contributed by atoms with Gasteiger partial charge in [-0.2, -0.15) is 0 Å². The molecule has 5 rings (SSSR count). The number of para-hydroxylation sites is 1. The van der Waals surface area contributed by atoms with Crippen LogP contribution in [0.2, 0.25) is 0 Å². The number of rotatable bonds is 4. The second-order valence-corrected chi connectivity index (χ2v) is 9.91. The molecule has 0 amide bonds. The number of ketones is 1. The van der Waals surface area contributed by atoms with Gasteiger partial charge in [0.15, 0.2) is 0 Å². The Bertz CT molecular complexity index is 1060. The fraction of sp³-hybridized carbons (Fsp3) is 0.483. The topological polar surface area (TPSA) is 22.0 Å². The summed E-state index contributed by atoms with van der Waals surface area (Å²) in [5.41, 5.74) is 5.31. The molecule has 1 unspecified atom stereocenters. The molecule has 0 N–H and O–H groups in total. The molecule has 0 spiro atoms. The summed E-state index contributed by atoms with van der Waals surface area (Å²) in [6.07, 6.45) is 11.9. The zero-order valence-electron chi connectivity index (χ0n) is 18.9. The molecule has 0 radical (unpaired) electrons. The molecule has 2 aliphatic rings. The van der Waals surface area contributed by atoms with Crippen molar-refractivity contribution < 1.29 is 4.79 Å². The van der Waals surface area contributed by atoms with Crippen LogP contribution in [0.5, 0.6) is 0 Å². The van der Waals surface area contributed by atoms with Crippen molar-refractivity contribution in [2.24, 2.45) is 18.9 Å². The third kappa shape index (κ3) is 4.22. The van der Waals surface area contributed by atoms with E-state index in [2.05, 4.69) is 66.2 Å². The lowest BCUT2D eigenvalue weighted by atomic mass is 9.79. The van der Waals surface area contributed by atoms with Gasteiger partial charge in [-0.05, 0) is 73.8 Å². The van der Waals surface area contributed by atoms with E-state index in [1.807, 2.05) is 0 Å². The van der Waals surface area contributed by atoms with Crippen LogP contribution in [0.25, 0.3) is 22.2 Å². The summed E-state index contributed by atoms with van der Waals surface area (Å²) in [6.45, 7) is 0. The lowest BCUT2D eigenvalue weighted by Crippen LogP contribution is -2.25. The maximum atomic E-state index is 13.1. The van der Waals surface area contributed by atoms with E-state index in [1.54, 1.807) is 0 Å². The maximum absolute atomic E-state index is 13.1. The molecule has 1 aromatic heterocycles. The minimum Gasteiger partial charge on any atom is -0.344 e. The van der Waals surface area contributed by atoms with Crippen molar-refractivity contribution in [2.45, 2.75) is 70.1 Å². The van der Waals surface area contributed by atoms with Crippen molar-refractivity contribution in [3.05, 3.63) is 60.2 Å². The first kappa shape index (κ1) is 20.5. The molecule has 2 aromatic carbocycles. The molecule has 1 heterocycles. The van der Waals surface area contributed by atoms with Gasteiger partial charge in [0.05, 0.1) is 0 Å². The van der Waals surface area contributed by atoms with E-state index in [-0.39, 0.29) is 0 Å². The van der Waals surface area contributed by atoms with E-state index in [0.717, 1.165) is 32.1 Å². The van der Waals surface area contributed by atoms with E-state index in [0.29, 0.717) is 23.5 Å². The molecular weight excluding hydrogens is 378 g/mol. The van der Waals surface area contributed by atoms with Crippen LogP contribution in [0.4, 0.5) is 0 Å². The molecule has 2 heteroatoms. The Labute approximate surface area is 186 Å². The minimum atomic E-state index is 0.314. The first-order chi connectivity index (χ1) is 15.2. The molecule has 0 aliphatic heterocycles. The van der Waals surface area contributed by atoms with Crippen LogP contribution < -0.4 is 0 Å². The first-order valence-corrected chi connectivity index (χ1v) is 12.4. The van der Waals surface area contributed by atoms with Crippen molar-refractivity contribution in [3.63, 3.8) is 0 Å². The van der Waals surface area contributed by atoms with Gasteiger partial charge in [-0.1, -0.05) is 62.1 Å². The van der Waals surface area contributed by atoms with Crippen LogP contribution in [0.1, 0.15) is 75.7 Å². The van der Waals surface area contributed by atoms with E-state index in [9.17, 15) is 4.79 Å². The molecule has 0 saturated heterocycles. The maximum Gasteiger partial charge on any atom is 0.139 e. The number of carbonyl (C=O) groups excluding carboxylic acids is 1. The average Bonchev–Trinajstić information content (AvgIpc) is 2.99. The molecule has 2 saturated carbocycles. The van der Waals surface area contributed by atoms with Gasteiger partial charge in [-0.3, -0.25) is 4.79 Å². The minimum absolute atomic E-state index is 0.314. The highest BCUT2D eigenvalue weighted by atomic mass is 16.1. The summed E-state index contributed by atoms with van der Waals surface area (Å²) in [4.78, 5) is 13.1. The summed E-state index contributed by atoms with van der Waals surface area (Å²) >= 11 is 0. The average molecular weight is 414 g/mol. The molecule has 2 aliphatic carbocycles. The lowest BCUT2D eigenvalue weighted by molar-refractivity contribution is -0.128. The monoisotopic (exact) mass is 413 g/mol. The predicted octanol–water partition coefficient (Wildman–Crippen LogP) is 7.66. The Hall–Kier alpha value is -2.35. The molecule has 0 bridgehead atoms. The van der Waals surface area contributed by atoms with Crippen LogP contribution in [-0.4, -0.2) is 10.4 Å². The van der Waals surface area contributed by atoms with Crippen LogP contribution >= 0.6 is 0 Å².